The molecule has 1 saturated heterocycles. The second-order valence-corrected chi connectivity index (χ2v) is 10.8. The molecule has 2 aromatic carbocycles. The summed E-state index contributed by atoms with van der Waals surface area (Å²) in [5.41, 5.74) is -0.173. The fraction of sp³-hybridized carbons (Fsp3) is 0.433. The molecular formula is C30H30F6N6O. The van der Waals surface area contributed by atoms with Crippen LogP contribution in [0.25, 0.3) is 0 Å². The van der Waals surface area contributed by atoms with Crippen molar-refractivity contribution in [2.24, 2.45) is 0 Å². The fourth-order valence-corrected chi connectivity index (χ4v) is 5.59. The highest BCUT2D eigenvalue weighted by Crippen LogP contribution is 2.35. The Balaban J connectivity index is 1.15. The first-order valence-corrected chi connectivity index (χ1v) is 14.0. The van der Waals surface area contributed by atoms with Gasteiger partial charge >= 0.3 is 12.4 Å². The van der Waals surface area contributed by atoms with Gasteiger partial charge in [-0.2, -0.15) is 31.6 Å². The van der Waals surface area contributed by atoms with Gasteiger partial charge in [0.05, 0.1) is 28.3 Å². The summed E-state index contributed by atoms with van der Waals surface area (Å²) in [5.74, 6) is 1.22. The monoisotopic (exact) mass is 604 g/mol. The Labute approximate surface area is 245 Å². The van der Waals surface area contributed by atoms with E-state index in [1.807, 2.05) is 11.8 Å². The molecule has 0 bridgehead atoms. The van der Waals surface area contributed by atoms with E-state index in [2.05, 4.69) is 20.2 Å². The number of alkyl halides is 6. The van der Waals surface area contributed by atoms with E-state index in [-0.39, 0.29) is 12.1 Å². The normalized spacial score (nSPS) is 19.6. The van der Waals surface area contributed by atoms with Crippen molar-refractivity contribution in [1.82, 2.24) is 9.97 Å². The molecule has 2 aliphatic rings. The number of anilines is 3. The van der Waals surface area contributed by atoms with E-state index in [0.717, 1.165) is 35.3 Å². The maximum atomic E-state index is 13.3. The van der Waals surface area contributed by atoms with E-state index < -0.39 is 29.0 Å². The van der Waals surface area contributed by atoms with Crippen LogP contribution in [0.4, 0.5) is 43.5 Å². The van der Waals surface area contributed by atoms with E-state index >= 15 is 0 Å². The minimum absolute atomic E-state index is 0.0307. The van der Waals surface area contributed by atoms with Crippen LogP contribution in [0.3, 0.4) is 0 Å². The quantitative estimate of drug-likeness (QED) is 0.310. The molecular weight excluding hydrogens is 574 g/mol. The molecule has 1 aromatic heterocycles. The summed E-state index contributed by atoms with van der Waals surface area (Å²) in [6.45, 7) is 4.38. The Morgan fingerprint density at radius 3 is 2.12 bits per heavy atom. The Morgan fingerprint density at radius 2 is 1.51 bits per heavy atom. The van der Waals surface area contributed by atoms with Crippen LogP contribution in [-0.4, -0.2) is 48.3 Å². The lowest BCUT2D eigenvalue weighted by Gasteiger charge is -2.37. The molecule has 1 saturated carbocycles. The summed E-state index contributed by atoms with van der Waals surface area (Å²) in [7, 11) is 0. The molecule has 1 aliphatic carbocycles. The number of nitrogens with zero attached hydrogens (tertiary/aromatic N) is 5. The van der Waals surface area contributed by atoms with E-state index in [1.165, 1.54) is 30.6 Å². The van der Waals surface area contributed by atoms with Crippen molar-refractivity contribution in [3.63, 3.8) is 0 Å². The zero-order valence-corrected chi connectivity index (χ0v) is 23.3. The van der Waals surface area contributed by atoms with Gasteiger partial charge in [0, 0.05) is 43.6 Å². The Bertz CT molecular complexity index is 1450. The lowest BCUT2D eigenvalue weighted by molar-refractivity contribution is -0.138. The summed E-state index contributed by atoms with van der Waals surface area (Å²) < 4.78 is 84.9. The second-order valence-electron chi connectivity index (χ2n) is 10.8. The predicted molar refractivity (Wildman–Crippen MR) is 149 cm³/mol. The smallest absolute Gasteiger partial charge is 0.417 e. The second kappa shape index (κ2) is 12.2. The molecule has 7 nitrogen and oxygen atoms in total. The molecule has 0 amide bonds. The molecule has 1 N–H and O–H groups in total. The summed E-state index contributed by atoms with van der Waals surface area (Å²) in [6, 6.07) is 10.4. The Hall–Kier alpha value is -4.21. The average molecular weight is 605 g/mol. The number of hydrogen-bond donors (Lipinski definition) is 1. The number of rotatable bonds is 6. The lowest BCUT2D eigenvalue weighted by atomic mass is 9.92. The highest BCUT2D eigenvalue weighted by Gasteiger charge is 2.34. The number of piperazine rings is 1. The highest BCUT2D eigenvalue weighted by molar-refractivity contribution is 5.55. The molecule has 43 heavy (non-hydrogen) atoms. The number of hydrogen-bond acceptors (Lipinski definition) is 7. The number of benzene rings is 2. The maximum Gasteiger partial charge on any atom is 0.417 e. The van der Waals surface area contributed by atoms with Crippen LogP contribution >= 0.6 is 0 Å². The highest BCUT2D eigenvalue weighted by atomic mass is 19.4. The molecule has 0 radical (unpaired) electrons. The van der Waals surface area contributed by atoms with E-state index in [4.69, 9.17) is 10.00 Å². The van der Waals surface area contributed by atoms with E-state index in [9.17, 15) is 26.3 Å². The maximum absolute atomic E-state index is 13.3. The van der Waals surface area contributed by atoms with Gasteiger partial charge in [0.25, 0.3) is 0 Å². The molecule has 13 heteroatoms. The standard InChI is InChI=1S/C30H30F6N6O/c1-19-27(42-14-12-41(13-15-42)24-8-3-21(4-9-24)29(31,32)33)38-18-39-28(19)43-25-10-6-22(7-11-25)40-23-5-2-20(17-37)26(16-23)30(34,35)36/h2-5,8-9,16,18,22,25,40H,6-7,10-15H2,1H3. The van der Waals surface area contributed by atoms with Crippen LogP contribution in [0.15, 0.2) is 48.8 Å². The first-order valence-electron chi connectivity index (χ1n) is 14.0. The molecule has 2 heterocycles. The predicted octanol–water partition coefficient (Wildman–Crippen LogP) is 6.82. The van der Waals surface area contributed by atoms with Gasteiger partial charge < -0.3 is 19.9 Å². The number of nitrogens with one attached hydrogen (secondary N) is 1. The molecule has 1 aliphatic heterocycles. The molecule has 3 aromatic rings. The van der Waals surface area contributed by atoms with Crippen LogP contribution < -0.4 is 19.9 Å². The molecule has 0 spiro atoms. The summed E-state index contributed by atoms with van der Waals surface area (Å²) in [5, 5.41) is 12.2. The van der Waals surface area contributed by atoms with Gasteiger partial charge in [-0.05, 0) is 75.1 Å². The van der Waals surface area contributed by atoms with Crippen molar-refractivity contribution in [2.75, 3.05) is 41.3 Å². The van der Waals surface area contributed by atoms with Crippen LogP contribution in [0.2, 0.25) is 0 Å². The van der Waals surface area contributed by atoms with E-state index in [0.29, 0.717) is 63.4 Å². The number of aromatic nitrogens is 2. The largest absolute Gasteiger partial charge is 0.474 e. The third kappa shape index (κ3) is 7.06. The minimum Gasteiger partial charge on any atom is -0.474 e. The van der Waals surface area contributed by atoms with Gasteiger partial charge in [-0.1, -0.05) is 0 Å². The van der Waals surface area contributed by atoms with Crippen molar-refractivity contribution in [3.05, 3.63) is 71.0 Å². The topological polar surface area (TPSA) is 77.3 Å². The molecule has 0 unspecified atom stereocenters. The van der Waals surface area contributed by atoms with Crippen molar-refractivity contribution in [2.45, 2.75) is 57.1 Å². The van der Waals surface area contributed by atoms with Gasteiger partial charge in [0.1, 0.15) is 18.2 Å². The van der Waals surface area contributed by atoms with Crippen LogP contribution in [0.5, 0.6) is 5.88 Å². The van der Waals surface area contributed by atoms with Gasteiger partial charge in [-0.25, -0.2) is 9.97 Å². The summed E-state index contributed by atoms with van der Waals surface area (Å²) in [4.78, 5) is 13.0. The third-order valence-corrected chi connectivity index (χ3v) is 7.92. The number of ether oxygens (including phenoxy) is 1. The van der Waals surface area contributed by atoms with Gasteiger partial charge in [-0.15, -0.1) is 0 Å². The van der Waals surface area contributed by atoms with Crippen LogP contribution in [-0.2, 0) is 12.4 Å². The average Bonchev–Trinajstić information content (AvgIpc) is 2.98. The first-order chi connectivity index (χ1) is 20.4. The molecule has 228 valence electrons. The Morgan fingerprint density at radius 1 is 0.860 bits per heavy atom. The minimum atomic E-state index is -4.61. The summed E-state index contributed by atoms with van der Waals surface area (Å²) in [6.07, 6.45) is -4.88. The van der Waals surface area contributed by atoms with Gasteiger partial charge in [0.15, 0.2) is 0 Å². The molecule has 2 fully saturated rings. The SMILES string of the molecule is Cc1c(OC2CCC(Nc3ccc(C#N)c(C(F)(F)F)c3)CC2)ncnc1N1CCN(c2ccc(C(F)(F)F)cc2)CC1. The fourth-order valence-electron chi connectivity index (χ4n) is 5.59. The molecule has 0 atom stereocenters. The first kappa shape index (κ1) is 30.3. The number of nitriles is 1. The van der Waals surface area contributed by atoms with Gasteiger partial charge in [-0.3, -0.25) is 0 Å². The van der Waals surface area contributed by atoms with Crippen molar-refractivity contribution in [1.29, 1.82) is 5.26 Å². The van der Waals surface area contributed by atoms with E-state index in [1.54, 1.807) is 6.07 Å². The van der Waals surface area contributed by atoms with Crippen molar-refractivity contribution in [3.8, 4) is 11.9 Å². The zero-order valence-electron chi connectivity index (χ0n) is 23.3. The van der Waals surface area contributed by atoms with Crippen molar-refractivity contribution >= 4 is 17.2 Å². The van der Waals surface area contributed by atoms with Gasteiger partial charge in [0.2, 0.25) is 5.88 Å². The lowest BCUT2D eigenvalue weighted by Crippen LogP contribution is -2.47. The van der Waals surface area contributed by atoms with Crippen LogP contribution in [0, 0.1) is 18.3 Å². The van der Waals surface area contributed by atoms with Crippen molar-refractivity contribution < 1.29 is 31.1 Å². The third-order valence-electron chi connectivity index (χ3n) is 7.92. The Kier molecular flexibility index (Phi) is 8.57. The zero-order chi connectivity index (χ0) is 30.8. The molecule has 5 rings (SSSR count). The summed E-state index contributed by atoms with van der Waals surface area (Å²) >= 11 is 0. The number of halogens is 6. The van der Waals surface area contributed by atoms with Crippen LogP contribution in [0.1, 0.15) is 47.9 Å².